The van der Waals surface area contributed by atoms with E-state index in [0.29, 0.717) is 32.8 Å². The smallest absolute Gasteiger partial charge is 0.223 e. The van der Waals surface area contributed by atoms with Gasteiger partial charge in [-0.2, -0.15) is 0 Å². The van der Waals surface area contributed by atoms with Crippen molar-refractivity contribution in [2.75, 3.05) is 44.3 Å². The number of piperidine rings is 1. The lowest BCUT2D eigenvalue weighted by Crippen LogP contribution is -2.42. The van der Waals surface area contributed by atoms with Gasteiger partial charge in [0.2, 0.25) is 11.8 Å². The molecule has 1 aromatic heterocycles. The minimum atomic E-state index is -0.0147. The predicted octanol–water partition coefficient (Wildman–Crippen LogP) is 0.793. The third kappa shape index (κ3) is 4.48. The summed E-state index contributed by atoms with van der Waals surface area (Å²) in [4.78, 5) is 32.4. The predicted molar refractivity (Wildman–Crippen MR) is 94.1 cm³/mol. The van der Waals surface area contributed by atoms with E-state index < -0.39 is 0 Å². The van der Waals surface area contributed by atoms with E-state index in [1.54, 1.807) is 18.0 Å². The number of amides is 2. The molecule has 2 aliphatic heterocycles. The highest BCUT2D eigenvalue weighted by Crippen LogP contribution is 2.20. The lowest BCUT2D eigenvalue weighted by molar-refractivity contribution is -0.134. The Balaban J connectivity index is 1.55. The number of rotatable bonds is 4. The molecule has 0 saturated carbocycles. The summed E-state index contributed by atoms with van der Waals surface area (Å²) in [7, 11) is 0. The van der Waals surface area contributed by atoms with Gasteiger partial charge in [-0.1, -0.05) is 6.07 Å². The molecular formula is C18H26N4O3. The zero-order chi connectivity index (χ0) is 17.6. The van der Waals surface area contributed by atoms with Crippen molar-refractivity contribution in [2.24, 2.45) is 5.92 Å². The van der Waals surface area contributed by atoms with E-state index in [2.05, 4.69) is 15.2 Å². The number of hydrogen-bond acceptors (Lipinski definition) is 5. The Bertz CT molecular complexity index is 608. The summed E-state index contributed by atoms with van der Waals surface area (Å²) in [6.45, 7) is 6.44. The molecule has 0 aromatic carbocycles. The SMILES string of the molecule is CC(=O)N1CCC(C(=O)NCc2cccnc2N2CCOCC2)CC1. The van der Waals surface area contributed by atoms with Crippen LogP contribution in [0, 0.1) is 5.92 Å². The van der Waals surface area contributed by atoms with Crippen molar-refractivity contribution in [2.45, 2.75) is 26.3 Å². The van der Waals surface area contributed by atoms with Crippen LogP contribution in [-0.4, -0.2) is 61.1 Å². The molecule has 25 heavy (non-hydrogen) atoms. The maximum Gasteiger partial charge on any atom is 0.223 e. The van der Waals surface area contributed by atoms with Crippen LogP contribution in [0.5, 0.6) is 0 Å². The van der Waals surface area contributed by atoms with Crippen LogP contribution in [0.25, 0.3) is 0 Å². The van der Waals surface area contributed by atoms with Gasteiger partial charge in [-0.05, 0) is 18.9 Å². The van der Waals surface area contributed by atoms with Crippen LogP contribution < -0.4 is 10.2 Å². The van der Waals surface area contributed by atoms with Gasteiger partial charge in [-0.15, -0.1) is 0 Å². The van der Waals surface area contributed by atoms with Crippen molar-refractivity contribution >= 4 is 17.6 Å². The highest BCUT2D eigenvalue weighted by atomic mass is 16.5. The van der Waals surface area contributed by atoms with Crippen molar-refractivity contribution < 1.29 is 14.3 Å². The molecule has 0 bridgehead atoms. The molecule has 2 aliphatic rings. The summed E-state index contributed by atoms with van der Waals surface area (Å²) in [5.74, 6) is 1.07. The minimum absolute atomic E-state index is 0.0147. The summed E-state index contributed by atoms with van der Waals surface area (Å²) >= 11 is 0. The summed E-state index contributed by atoms with van der Waals surface area (Å²) in [6.07, 6.45) is 3.25. The highest BCUT2D eigenvalue weighted by molar-refractivity contribution is 5.79. The zero-order valence-corrected chi connectivity index (χ0v) is 14.7. The van der Waals surface area contributed by atoms with Gasteiger partial charge in [0.25, 0.3) is 0 Å². The molecule has 0 aliphatic carbocycles. The van der Waals surface area contributed by atoms with Gasteiger partial charge >= 0.3 is 0 Å². The fraction of sp³-hybridized carbons (Fsp3) is 0.611. The number of ether oxygens (including phenoxy) is 1. The van der Waals surface area contributed by atoms with E-state index in [4.69, 9.17) is 4.74 Å². The molecule has 7 heteroatoms. The second-order valence-corrected chi connectivity index (χ2v) is 6.58. The molecule has 3 rings (SSSR count). The Morgan fingerprint density at radius 2 is 1.96 bits per heavy atom. The normalized spacial score (nSPS) is 18.9. The maximum atomic E-state index is 12.5. The first-order valence-corrected chi connectivity index (χ1v) is 8.95. The van der Waals surface area contributed by atoms with E-state index in [0.717, 1.165) is 37.3 Å². The summed E-state index contributed by atoms with van der Waals surface area (Å²) in [6, 6.07) is 3.91. The fourth-order valence-corrected chi connectivity index (χ4v) is 3.41. The summed E-state index contributed by atoms with van der Waals surface area (Å²) < 4.78 is 5.40. The number of morpholine rings is 1. The number of likely N-dealkylation sites (tertiary alicyclic amines) is 1. The Morgan fingerprint density at radius 3 is 2.64 bits per heavy atom. The van der Waals surface area contributed by atoms with E-state index in [-0.39, 0.29) is 17.7 Å². The largest absolute Gasteiger partial charge is 0.378 e. The third-order valence-electron chi connectivity index (χ3n) is 4.94. The molecule has 2 saturated heterocycles. The number of carbonyl (C=O) groups excluding carboxylic acids is 2. The maximum absolute atomic E-state index is 12.5. The molecule has 0 spiro atoms. The Kier molecular flexibility index (Phi) is 5.86. The Labute approximate surface area is 148 Å². The van der Waals surface area contributed by atoms with Gasteiger partial charge < -0.3 is 19.9 Å². The molecule has 0 radical (unpaired) electrons. The number of aromatic nitrogens is 1. The topological polar surface area (TPSA) is 74.8 Å². The summed E-state index contributed by atoms with van der Waals surface area (Å²) in [5, 5.41) is 3.05. The Morgan fingerprint density at radius 1 is 1.24 bits per heavy atom. The molecule has 2 fully saturated rings. The van der Waals surface area contributed by atoms with E-state index in [9.17, 15) is 9.59 Å². The van der Waals surface area contributed by atoms with Crippen LogP contribution in [0.2, 0.25) is 0 Å². The van der Waals surface area contributed by atoms with E-state index in [1.165, 1.54) is 0 Å². The molecule has 0 unspecified atom stereocenters. The first-order chi connectivity index (χ1) is 12.1. The average Bonchev–Trinajstić information content (AvgIpc) is 2.67. The van der Waals surface area contributed by atoms with Gasteiger partial charge in [-0.25, -0.2) is 4.98 Å². The minimum Gasteiger partial charge on any atom is -0.378 e. The quantitative estimate of drug-likeness (QED) is 0.873. The monoisotopic (exact) mass is 346 g/mol. The number of hydrogen-bond donors (Lipinski definition) is 1. The lowest BCUT2D eigenvalue weighted by Gasteiger charge is -2.31. The van der Waals surface area contributed by atoms with Crippen LogP contribution in [0.1, 0.15) is 25.3 Å². The standard InChI is InChI=1S/C18H26N4O3/c1-14(23)21-7-4-15(5-8-21)18(24)20-13-16-3-2-6-19-17(16)22-9-11-25-12-10-22/h2-3,6,15H,4-5,7-13H2,1H3,(H,20,24). The second kappa shape index (κ2) is 8.29. The van der Waals surface area contributed by atoms with E-state index >= 15 is 0 Å². The van der Waals surface area contributed by atoms with Gasteiger partial charge in [0, 0.05) is 57.3 Å². The van der Waals surface area contributed by atoms with E-state index in [1.807, 2.05) is 12.1 Å². The van der Waals surface area contributed by atoms with Crippen LogP contribution in [-0.2, 0) is 20.9 Å². The summed E-state index contributed by atoms with van der Waals surface area (Å²) in [5.41, 5.74) is 1.03. The van der Waals surface area contributed by atoms with Crippen LogP contribution in [0.3, 0.4) is 0 Å². The third-order valence-corrected chi connectivity index (χ3v) is 4.94. The molecule has 7 nitrogen and oxygen atoms in total. The number of pyridine rings is 1. The van der Waals surface area contributed by atoms with Crippen molar-refractivity contribution in [3.05, 3.63) is 23.9 Å². The van der Waals surface area contributed by atoms with Crippen LogP contribution >= 0.6 is 0 Å². The van der Waals surface area contributed by atoms with Crippen molar-refractivity contribution in [1.29, 1.82) is 0 Å². The first-order valence-electron chi connectivity index (χ1n) is 8.95. The molecule has 1 N–H and O–H groups in total. The average molecular weight is 346 g/mol. The number of anilines is 1. The molecular weight excluding hydrogens is 320 g/mol. The van der Waals surface area contributed by atoms with Crippen LogP contribution in [0.15, 0.2) is 18.3 Å². The second-order valence-electron chi connectivity index (χ2n) is 6.58. The van der Waals surface area contributed by atoms with Gasteiger partial charge in [0.15, 0.2) is 0 Å². The number of carbonyl (C=O) groups is 2. The first kappa shape index (κ1) is 17.7. The lowest BCUT2D eigenvalue weighted by atomic mass is 9.96. The molecule has 1 aromatic rings. The fourth-order valence-electron chi connectivity index (χ4n) is 3.41. The molecule has 2 amide bonds. The number of nitrogens with zero attached hydrogens (tertiary/aromatic N) is 3. The molecule has 136 valence electrons. The van der Waals surface area contributed by atoms with Crippen molar-refractivity contribution in [3.8, 4) is 0 Å². The Hall–Kier alpha value is -2.15. The van der Waals surface area contributed by atoms with Gasteiger partial charge in [0.1, 0.15) is 5.82 Å². The molecule has 0 atom stereocenters. The van der Waals surface area contributed by atoms with Crippen molar-refractivity contribution in [1.82, 2.24) is 15.2 Å². The van der Waals surface area contributed by atoms with Gasteiger partial charge in [0.05, 0.1) is 13.2 Å². The zero-order valence-electron chi connectivity index (χ0n) is 14.7. The van der Waals surface area contributed by atoms with Crippen LogP contribution in [0.4, 0.5) is 5.82 Å². The van der Waals surface area contributed by atoms with Gasteiger partial charge in [-0.3, -0.25) is 9.59 Å². The number of nitrogens with one attached hydrogen (secondary N) is 1. The van der Waals surface area contributed by atoms with Crippen molar-refractivity contribution in [3.63, 3.8) is 0 Å². The highest BCUT2D eigenvalue weighted by Gasteiger charge is 2.26. The molecule has 3 heterocycles.